The van der Waals surface area contributed by atoms with Crippen LogP contribution in [0.4, 0.5) is 5.69 Å². The van der Waals surface area contributed by atoms with Gasteiger partial charge < -0.3 is 20.1 Å². The largest absolute Gasteiger partial charge is 0.454 e. The number of carbonyl (C=O) groups excluding carboxylic acids is 1. The predicted octanol–water partition coefficient (Wildman–Crippen LogP) is 5.35. The molecule has 0 fully saturated rings. The fraction of sp³-hybridized carbons (Fsp3) is 0.185. The van der Waals surface area contributed by atoms with Crippen molar-refractivity contribution in [3.05, 3.63) is 101 Å². The zero-order valence-corrected chi connectivity index (χ0v) is 18.9. The van der Waals surface area contributed by atoms with Crippen LogP contribution in [0, 0.1) is 0 Å². The molecule has 1 aliphatic carbocycles. The fourth-order valence-corrected chi connectivity index (χ4v) is 4.63. The summed E-state index contributed by atoms with van der Waals surface area (Å²) < 4.78 is 10.9. The molecule has 0 spiro atoms. The molecular weight excluding hydrogens is 432 g/mol. The summed E-state index contributed by atoms with van der Waals surface area (Å²) in [4.78, 5) is 13.8. The Balaban J connectivity index is 1.42. The van der Waals surface area contributed by atoms with Crippen LogP contribution in [-0.4, -0.2) is 17.6 Å². The van der Waals surface area contributed by atoms with E-state index in [4.69, 9.17) is 21.7 Å². The highest BCUT2D eigenvalue weighted by Gasteiger charge is 2.31. The molecule has 0 amide bonds. The Kier molecular flexibility index (Phi) is 6.09. The highest BCUT2D eigenvalue weighted by Crippen LogP contribution is 2.35. The smallest absolute Gasteiger partial charge is 0.231 e. The number of carbonyl (C=O) groups is 1. The van der Waals surface area contributed by atoms with E-state index >= 15 is 0 Å². The van der Waals surface area contributed by atoms with Crippen LogP contribution < -0.4 is 20.1 Å². The number of ether oxygens (including phenoxy) is 2. The van der Waals surface area contributed by atoms with Gasteiger partial charge in [-0.1, -0.05) is 66.8 Å². The third kappa shape index (κ3) is 4.76. The number of allylic oxidation sites excluding steroid dienone is 1. The maximum absolute atomic E-state index is 13.3. The minimum atomic E-state index is 0.0525. The van der Waals surface area contributed by atoms with Gasteiger partial charge in [0.15, 0.2) is 17.3 Å². The summed E-state index contributed by atoms with van der Waals surface area (Å²) in [5, 5.41) is 6.75. The Bertz CT molecular complexity index is 1210. The SMILES string of the molecule is O=C1C[C@H](c2ccccc2)CC(NCc2ccc3c(c2)OCO3)=C1C(=S)Nc1ccccc1. The van der Waals surface area contributed by atoms with Gasteiger partial charge >= 0.3 is 0 Å². The summed E-state index contributed by atoms with van der Waals surface area (Å²) >= 11 is 5.69. The number of hydrogen-bond donors (Lipinski definition) is 2. The van der Waals surface area contributed by atoms with Crippen LogP contribution in [0.5, 0.6) is 11.5 Å². The number of thiocarbonyl (C=S) groups is 1. The molecule has 1 heterocycles. The Labute approximate surface area is 198 Å². The van der Waals surface area contributed by atoms with Crippen molar-refractivity contribution >= 4 is 28.7 Å². The maximum atomic E-state index is 13.3. The van der Waals surface area contributed by atoms with Gasteiger partial charge in [-0.2, -0.15) is 0 Å². The van der Waals surface area contributed by atoms with Crippen molar-refractivity contribution in [2.24, 2.45) is 0 Å². The molecule has 0 bridgehead atoms. The molecule has 3 aromatic carbocycles. The molecule has 33 heavy (non-hydrogen) atoms. The zero-order chi connectivity index (χ0) is 22.6. The zero-order valence-electron chi connectivity index (χ0n) is 18.0. The average molecular weight is 457 g/mol. The van der Waals surface area contributed by atoms with E-state index in [1.54, 1.807) is 0 Å². The minimum absolute atomic E-state index is 0.0525. The highest BCUT2D eigenvalue weighted by molar-refractivity contribution is 7.81. The number of anilines is 1. The van der Waals surface area contributed by atoms with Crippen molar-refractivity contribution in [3.8, 4) is 11.5 Å². The van der Waals surface area contributed by atoms with Crippen molar-refractivity contribution in [2.45, 2.75) is 25.3 Å². The van der Waals surface area contributed by atoms with Gasteiger partial charge in [-0.25, -0.2) is 0 Å². The summed E-state index contributed by atoms with van der Waals surface area (Å²) in [5.41, 5.74) is 4.51. The number of rotatable bonds is 6. The van der Waals surface area contributed by atoms with Gasteiger partial charge in [0, 0.05) is 24.4 Å². The van der Waals surface area contributed by atoms with Crippen LogP contribution in [0.25, 0.3) is 0 Å². The normalized spacial score (nSPS) is 17.1. The maximum Gasteiger partial charge on any atom is 0.231 e. The van der Waals surface area contributed by atoms with E-state index in [1.165, 1.54) is 0 Å². The number of ketones is 1. The molecule has 0 saturated carbocycles. The van der Waals surface area contributed by atoms with Crippen LogP contribution in [0.3, 0.4) is 0 Å². The van der Waals surface area contributed by atoms with Crippen molar-refractivity contribution in [1.29, 1.82) is 0 Å². The molecule has 2 N–H and O–H groups in total. The lowest BCUT2D eigenvalue weighted by Gasteiger charge is -2.28. The third-order valence-corrected chi connectivity index (χ3v) is 6.24. The molecule has 0 saturated heterocycles. The van der Waals surface area contributed by atoms with Crippen LogP contribution >= 0.6 is 12.2 Å². The molecule has 166 valence electrons. The van der Waals surface area contributed by atoms with Gasteiger partial charge in [-0.05, 0) is 47.7 Å². The van der Waals surface area contributed by atoms with Crippen LogP contribution in [-0.2, 0) is 11.3 Å². The predicted molar refractivity (Wildman–Crippen MR) is 133 cm³/mol. The summed E-state index contributed by atoms with van der Waals surface area (Å²) in [6, 6.07) is 25.8. The second-order valence-electron chi connectivity index (χ2n) is 8.15. The number of para-hydroxylation sites is 1. The molecule has 2 aliphatic rings. The van der Waals surface area contributed by atoms with Gasteiger partial charge in [0.2, 0.25) is 6.79 Å². The lowest BCUT2D eigenvalue weighted by molar-refractivity contribution is -0.115. The van der Waals surface area contributed by atoms with Crippen molar-refractivity contribution < 1.29 is 14.3 Å². The fourth-order valence-electron chi connectivity index (χ4n) is 4.27. The first kappa shape index (κ1) is 21.2. The van der Waals surface area contributed by atoms with Crippen LogP contribution in [0.15, 0.2) is 90.1 Å². The topological polar surface area (TPSA) is 59.6 Å². The van der Waals surface area contributed by atoms with Gasteiger partial charge in [0.25, 0.3) is 0 Å². The summed E-state index contributed by atoms with van der Waals surface area (Å²) in [6.07, 6.45) is 1.15. The molecule has 0 radical (unpaired) electrons. The lowest BCUT2D eigenvalue weighted by Crippen LogP contribution is -2.31. The van der Waals surface area contributed by atoms with Gasteiger partial charge in [-0.3, -0.25) is 4.79 Å². The highest BCUT2D eigenvalue weighted by atomic mass is 32.1. The molecule has 1 aliphatic heterocycles. The second kappa shape index (κ2) is 9.46. The first-order valence-electron chi connectivity index (χ1n) is 11.0. The average Bonchev–Trinajstić information content (AvgIpc) is 3.31. The number of hydrogen-bond acceptors (Lipinski definition) is 5. The number of fused-ring (bicyclic) bond motifs is 1. The second-order valence-corrected chi connectivity index (χ2v) is 8.56. The molecule has 3 aromatic rings. The third-order valence-electron chi connectivity index (χ3n) is 5.94. The Hall–Kier alpha value is -3.64. The van der Waals surface area contributed by atoms with E-state index < -0.39 is 0 Å². The van der Waals surface area contributed by atoms with E-state index in [9.17, 15) is 4.79 Å². The molecular formula is C27H24N2O3S. The van der Waals surface area contributed by atoms with Crippen molar-refractivity contribution in [3.63, 3.8) is 0 Å². The quantitative estimate of drug-likeness (QED) is 0.488. The summed E-state index contributed by atoms with van der Waals surface area (Å²) in [5.74, 6) is 1.66. The Morgan fingerprint density at radius 3 is 2.42 bits per heavy atom. The summed E-state index contributed by atoms with van der Waals surface area (Å²) in [6.45, 7) is 0.798. The van der Waals surface area contributed by atoms with Gasteiger partial charge in [0.05, 0.1) is 5.57 Å². The number of benzene rings is 3. The lowest BCUT2D eigenvalue weighted by atomic mass is 9.81. The number of Topliss-reactive ketones (excluding diaryl/α,β-unsaturated/α-hetero) is 1. The Morgan fingerprint density at radius 1 is 0.909 bits per heavy atom. The van der Waals surface area contributed by atoms with Crippen molar-refractivity contribution in [1.82, 2.24) is 5.32 Å². The molecule has 0 aromatic heterocycles. The molecule has 5 rings (SSSR count). The number of nitrogens with one attached hydrogen (secondary N) is 2. The van der Waals surface area contributed by atoms with E-state index in [-0.39, 0.29) is 18.5 Å². The molecule has 6 heteroatoms. The van der Waals surface area contributed by atoms with Crippen LogP contribution in [0.2, 0.25) is 0 Å². The van der Waals surface area contributed by atoms with E-state index in [1.807, 2.05) is 66.7 Å². The van der Waals surface area contributed by atoms with Crippen molar-refractivity contribution in [2.75, 3.05) is 12.1 Å². The van der Waals surface area contributed by atoms with Crippen LogP contribution in [0.1, 0.15) is 29.9 Å². The first-order chi connectivity index (χ1) is 16.2. The standard InChI is InChI=1S/C27H24N2O3S/c30-23-15-20(19-7-3-1-4-8-19)14-22(26(23)27(33)29-21-9-5-2-6-10-21)28-16-18-11-12-24-25(13-18)32-17-31-24/h1-13,20,28H,14-17H2,(H,29,33)/t20-/m1/s1. The molecule has 1 atom stereocenters. The minimum Gasteiger partial charge on any atom is -0.454 e. The molecule has 0 unspecified atom stereocenters. The van der Waals surface area contributed by atoms with Gasteiger partial charge in [-0.15, -0.1) is 0 Å². The Morgan fingerprint density at radius 2 is 1.64 bits per heavy atom. The first-order valence-corrected chi connectivity index (χ1v) is 11.4. The monoisotopic (exact) mass is 456 g/mol. The molecule has 5 nitrogen and oxygen atoms in total. The van der Waals surface area contributed by atoms with E-state index in [2.05, 4.69) is 22.8 Å². The van der Waals surface area contributed by atoms with Gasteiger partial charge in [0.1, 0.15) is 4.99 Å². The van der Waals surface area contributed by atoms with E-state index in [0.717, 1.165) is 34.0 Å². The summed E-state index contributed by atoms with van der Waals surface area (Å²) in [7, 11) is 0. The van der Waals surface area contributed by atoms with E-state index in [0.29, 0.717) is 29.9 Å².